The van der Waals surface area contributed by atoms with Crippen molar-refractivity contribution >= 4 is 27.9 Å². The Balaban J connectivity index is 1.60. The van der Waals surface area contributed by atoms with Gasteiger partial charge in [-0.3, -0.25) is 9.48 Å². The van der Waals surface area contributed by atoms with Crippen LogP contribution in [0.2, 0.25) is 0 Å². The summed E-state index contributed by atoms with van der Waals surface area (Å²) in [5.74, 6) is -2.16. The Hall–Kier alpha value is -2.89. The van der Waals surface area contributed by atoms with Crippen LogP contribution in [0, 0.1) is 11.6 Å². The molecule has 11 heteroatoms. The molecule has 8 nitrogen and oxygen atoms in total. The first-order valence-electron chi connectivity index (χ1n) is 10.2. The zero-order valence-corrected chi connectivity index (χ0v) is 18.5. The third-order valence-corrected chi connectivity index (χ3v) is 6.32. The van der Waals surface area contributed by atoms with Crippen molar-refractivity contribution in [2.45, 2.75) is 44.4 Å². The van der Waals surface area contributed by atoms with E-state index in [1.807, 2.05) is 6.92 Å². The van der Waals surface area contributed by atoms with E-state index in [4.69, 9.17) is 16.2 Å². The summed E-state index contributed by atoms with van der Waals surface area (Å²) >= 11 is 0.842. The van der Waals surface area contributed by atoms with E-state index in [9.17, 15) is 13.6 Å². The predicted molar refractivity (Wildman–Crippen MR) is 118 cm³/mol. The van der Waals surface area contributed by atoms with Crippen LogP contribution >= 0.6 is 11.3 Å². The smallest absolute Gasteiger partial charge is 0.277 e. The summed E-state index contributed by atoms with van der Waals surface area (Å²) < 4.78 is 36.0. The second-order valence-electron chi connectivity index (χ2n) is 7.86. The van der Waals surface area contributed by atoms with Crippen molar-refractivity contribution in [1.82, 2.24) is 14.8 Å². The Labute approximate surface area is 187 Å². The van der Waals surface area contributed by atoms with E-state index in [2.05, 4.69) is 15.4 Å². The summed E-state index contributed by atoms with van der Waals surface area (Å²) in [4.78, 5) is 17.1. The third-order valence-electron chi connectivity index (χ3n) is 5.41. The highest BCUT2D eigenvalue weighted by Crippen LogP contribution is 2.36. The lowest BCUT2D eigenvalue weighted by atomic mass is 10.0. The Bertz CT molecular complexity index is 1130. The number of nitrogens with zero attached hydrogens (tertiary/aromatic N) is 3. The molecule has 5 N–H and O–H groups in total. The first-order valence-corrected chi connectivity index (χ1v) is 11.0. The molecule has 0 saturated carbocycles. The highest BCUT2D eigenvalue weighted by molar-refractivity contribution is 7.19. The number of hydrogen-bond donors (Lipinski definition) is 3. The number of benzene rings is 1. The summed E-state index contributed by atoms with van der Waals surface area (Å²) in [5, 5.41) is 7.07. The lowest BCUT2D eigenvalue weighted by Crippen LogP contribution is -2.23. The van der Waals surface area contributed by atoms with E-state index in [0.717, 1.165) is 36.3 Å². The summed E-state index contributed by atoms with van der Waals surface area (Å²) in [6, 6.07) is 3.55. The zero-order chi connectivity index (χ0) is 23.0. The number of halogens is 2. The third kappa shape index (κ3) is 4.36. The van der Waals surface area contributed by atoms with Gasteiger partial charge in [0.25, 0.3) is 5.91 Å². The van der Waals surface area contributed by atoms with Crippen molar-refractivity contribution in [3.05, 3.63) is 47.4 Å². The first kappa shape index (κ1) is 22.3. The molecular formula is C21H24F2N6O2S. The topological polar surface area (TPSA) is 121 Å². The van der Waals surface area contributed by atoms with Gasteiger partial charge in [0, 0.05) is 13.1 Å². The molecule has 4 rings (SSSR count). The van der Waals surface area contributed by atoms with Crippen molar-refractivity contribution < 1.29 is 18.3 Å². The minimum Gasteiger partial charge on any atom is -0.389 e. The second kappa shape index (κ2) is 8.93. The lowest BCUT2D eigenvalue weighted by molar-refractivity contribution is -0.00360. The van der Waals surface area contributed by atoms with Crippen molar-refractivity contribution in [3.8, 4) is 10.6 Å². The van der Waals surface area contributed by atoms with Gasteiger partial charge >= 0.3 is 0 Å². The second-order valence-corrected chi connectivity index (χ2v) is 8.89. The van der Waals surface area contributed by atoms with Gasteiger partial charge < -0.3 is 21.5 Å². The van der Waals surface area contributed by atoms with Crippen LogP contribution in [0.3, 0.4) is 0 Å². The molecule has 3 aromatic rings. The van der Waals surface area contributed by atoms with E-state index in [-0.39, 0.29) is 39.5 Å². The maximum atomic E-state index is 14.1. The molecule has 1 saturated heterocycles. The van der Waals surface area contributed by atoms with Crippen LogP contribution in [0.15, 0.2) is 24.4 Å². The molecule has 2 aromatic heterocycles. The number of rotatable bonds is 4. The fourth-order valence-corrected chi connectivity index (χ4v) is 4.80. The molecule has 1 fully saturated rings. The highest BCUT2D eigenvalue weighted by Gasteiger charge is 2.29. The molecule has 1 amide bonds. The minimum atomic E-state index is -0.780. The van der Waals surface area contributed by atoms with E-state index < -0.39 is 17.5 Å². The Morgan fingerprint density at radius 1 is 1.31 bits per heavy atom. The van der Waals surface area contributed by atoms with Crippen LogP contribution in [-0.2, 0) is 11.8 Å². The lowest BCUT2D eigenvalue weighted by Gasteiger charge is -2.20. The van der Waals surface area contributed by atoms with Gasteiger partial charge in [0.2, 0.25) is 0 Å². The van der Waals surface area contributed by atoms with E-state index in [1.54, 1.807) is 11.7 Å². The SMILES string of the molecule is C[C@@H]1C[C@H](N)CCC(c2c(NC(=O)c3nc(-c4c(F)cccc4F)sc3N)cnn2C)O1. The summed E-state index contributed by atoms with van der Waals surface area (Å²) in [5.41, 5.74) is 12.8. The van der Waals surface area contributed by atoms with Crippen LogP contribution < -0.4 is 16.8 Å². The Kier molecular flexibility index (Phi) is 6.22. The van der Waals surface area contributed by atoms with Crippen molar-refractivity contribution in [1.29, 1.82) is 0 Å². The first-order chi connectivity index (χ1) is 15.2. The number of aryl methyl sites for hydroxylation is 1. The van der Waals surface area contributed by atoms with Gasteiger partial charge in [-0.05, 0) is 38.3 Å². The molecule has 0 bridgehead atoms. The minimum absolute atomic E-state index is 0.00965. The van der Waals surface area contributed by atoms with Gasteiger partial charge in [-0.1, -0.05) is 17.4 Å². The fraction of sp³-hybridized carbons (Fsp3) is 0.381. The monoisotopic (exact) mass is 462 g/mol. The van der Waals surface area contributed by atoms with Crippen molar-refractivity contribution in [3.63, 3.8) is 0 Å². The molecule has 1 aliphatic rings. The van der Waals surface area contributed by atoms with Gasteiger partial charge in [0.05, 0.1) is 29.2 Å². The molecule has 1 aliphatic heterocycles. The fourth-order valence-electron chi connectivity index (χ4n) is 3.93. The standard InChI is InChI=1S/C21H24F2N6O2S/c1-10-8-11(24)6-7-15(31-10)18-14(9-26-29(18)2)27-20(30)17-19(25)32-21(28-17)16-12(22)4-3-5-13(16)23/h3-5,9-11,15H,6-8,24-25H2,1-2H3,(H,27,30)/t10-,11-,15?/m1/s1. The number of nitrogens with one attached hydrogen (secondary N) is 1. The molecule has 3 heterocycles. The molecule has 170 valence electrons. The summed E-state index contributed by atoms with van der Waals surface area (Å²) in [7, 11) is 1.76. The maximum Gasteiger partial charge on any atom is 0.277 e. The number of carbonyl (C=O) groups is 1. The van der Waals surface area contributed by atoms with Crippen LogP contribution in [0.4, 0.5) is 19.5 Å². The van der Waals surface area contributed by atoms with E-state index >= 15 is 0 Å². The number of aromatic nitrogens is 3. The number of nitrogens with two attached hydrogens (primary N) is 2. The molecule has 32 heavy (non-hydrogen) atoms. The summed E-state index contributed by atoms with van der Waals surface area (Å²) in [6.07, 6.45) is 3.40. The maximum absolute atomic E-state index is 14.1. The number of nitrogen functional groups attached to an aromatic ring is 1. The molecule has 1 unspecified atom stereocenters. The average molecular weight is 463 g/mol. The number of amides is 1. The molecular weight excluding hydrogens is 438 g/mol. The highest BCUT2D eigenvalue weighted by atomic mass is 32.1. The van der Waals surface area contributed by atoms with Gasteiger partial charge in [0.1, 0.15) is 27.7 Å². The average Bonchev–Trinajstić information content (AvgIpc) is 3.22. The number of carbonyl (C=O) groups excluding carboxylic acids is 1. The van der Waals surface area contributed by atoms with Crippen LogP contribution in [0.1, 0.15) is 48.5 Å². The zero-order valence-electron chi connectivity index (χ0n) is 17.6. The normalized spacial score (nSPS) is 21.3. The molecule has 1 aromatic carbocycles. The van der Waals surface area contributed by atoms with Crippen LogP contribution in [0.5, 0.6) is 0 Å². The van der Waals surface area contributed by atoms with Crippen LogP contribution in [-0.4, -0.2) is 32.8 Å². The Morgan fingerprint density at radius 3 is 2.75 bits per heavy atom. The van der Waals surface area contributed by atoms with E-state index in [1.165, 1.54) is 12.3 Å². The van der Waals surface area contributed by atoms with Crippen molar-refractivity contribution in [2.75, 3.05) is 11.1 Å². The molecule has 3 atom stereocenters. The number of thiazole rings is 1. The molecule has 0 radical (unpaired) electrons. The number of anilines is 2. The predicted octanol–water partition coefficient (Wildman–Crippen LogP) is 3.61. The Morgan fingerprint density at radius 2 is 2.03 bits per heavy atom. The van der Waals surface area contributed by atoms with E-state index in [0.29, 0.717) is 17.8 Å². The number of hydrogen-bond acceptors (Lipinski definition) is 7. The van der Waals surface area contributed by atoms with Gasteiger partial charge in [0.15, 0.2) is 5.69 Å². The van der Waals surface area contributed by atoms with Gasteiger partial charge in [-0.2, -0.15) is 5.10 Å². The quantitative estimate of drug-likeness (QED) is 0.545. The van der Waals surface area contributed by atoms with Gasteiger partial charge in [-0.15, -0.1) is 0 Å². The number of ether oxygens (including phenoxy) is 1. The largest absolute Gasteiger partial charge is 0.389 e. The molecule has 0 spiro atoms. The van der Waals surface area contributed by atoms with Gasteiger partial charge in [-0.25, -0.2) is 13.8 Å². The summed E-state index contributed by atoms with van der Waals surface area (Å²) in [6.45, 7) is 1.96. The molecule has 0 aliphatic carbocycles. The van der Waals surface area contributed by atoms with Crippen LogP contribution in [0.25, 0.3) is 10.6 Å². The van der Waals surface area contributed by atoms with Crippen molar-refractivity contribution in [2.24, 2.45) is 12.8 Å².